The zero-order valence-electron chi connectivity index (χ0n) is 17.9. The summed E-state index contributed by atoms with van der Waals surface area (Å²) >= 11 is 1.26. The number of hydrogen-bond donors (Lipinski definition) is 1. The second-order valence-corrected chi connectivity index (χ2v) is 8.65. The number of aromatic nitrogens is 4. The molecule has 1 aliphatic heterocycles. The Kier molecular flexibility index (Phi) is 5.63. The van der Waals surface area contributed by atoms with Crippen LogP contribution in [-0.2, 0) is 6.18 Å². The number of anilines is 2. The number of hydrogen-bond acceptors (Lipinski definition) is 8. The SMILES string of the molecule is O=C(O)c1cn(-c2nccs2)c2nc(N3CCN(c4ccc(C(F)(F)F)cc4)CC3)cnc2c1=O. The number of nitrogens with zero attached hydrogens (tertiary/aromatic N) is 6. The molecule has 35 heavy (non-hydrogen) atoms. The van der Waals surface area contributed by atoms with Gasteiger partial charge in [0.1, 0.15) is 11.4 Å². The van der Waals surface area contributed by atoms with Gasteiger partial charge in [0.15, 0.2) is 16.3 Å². The first-order chi connectivity index (χ1) is 16.7. The topological polar surface area (TPSA) is 104 Å². The number of halogens is 3. The van der Waals surface area contributed by atoms with Crippen LogP contribution in [0.2, 0.25) is 0 Å². The summed E-state index contributed by atoms with van der Waals surface area (Å²) in [4.78, 5) is 41.2. The van der Waals surface area contributed by atoms with Crippen molar-refractivity contribution >= 4 is 40.0 Å². The summed E-state index contributed by atoms with van der Waals surface area (Å²) in [6.07, 6.45) is -0.193. The number of fused-ring (bicyclic) bond motifs is 1. The van der Waals surface area contributed by atoms with E-state index >= 15 is 0 Å². The molecule has 1 fully saturated rings. The molecule has 0 unspecified atom stereocenters. The fourth-order valence-electron chi connectivity index (χ4n) is 3.92. The lowest BCUT2D eigenvalue weighted by atomic mass is 10.1. The molecule has 0 spiro atoms. The van der Waals surface area contributed by atoms with Crippen LogP contribution in [0.4, 0.5) is 24.7 Å². The molecule has 180 valence electrons. The molecule has 13 heteroatoms. The number of carbonyl (C=O) groups is 1. The molecule has 1 saturated heterocycles. The van der Waals surface area contributed by atoms with E-state index in [2.05, 4.69) is 15.0 Å². The number of rotatable bonds is 4. The maximum absolute atomic E-state index is 12.8. The van der Waals surface area contributed by atoms with E-state index in [1.807, 2.05) is 9.80 Å². The van der Waals surface area contributed by atoms with Gasteiger partial charge in [0.25, 0.3) is 0 Å². The van der Waals surface area contributed by atoms with Gasteiger partial charge in [-0.3, -0.25) is 9.36 Å². The van der Waals surface area contributed by atoms with Crippen molar-refractivity contribution in [3.05, 3.63) is 69.6 Å². The van der Waals surface area contributed by atoms with E-state index in [0.29, 0.717) is 42.8 Å². The summed E-state index contributed by atoms with van der Waals surface area (Å²) in [7, 11) is 0. The van der Waals surface area contributed by atoms with Gasteiger partial charge in [-0.15, -0.1) is 11.3 Å². The highest BCUT2D eigenvalue weighted by atomic mass is 32.1. The number of pyridine rings is 1. The number of alkyl halides is 3. The molecular formula is C22H17F3N6O3S. The predicted octanol–water partition coefficient (Wildman–Crippen LogP) is 3.28. The summed E-state index contributed by atoms with van der Waals surface area (Å²) < 4.78 is 39.9. The number of piperazine rings is 1. The average Bonchev–Trinajstić information content (AvgIpc) is 3.38. The highest BCUT2D eigenvalue weighted by Crippen LogP contribution is 2.31. The maximum atomic E-state index is 12.8. The van der Waals surface area contributed by atoms with Gasteiger partial charge >= 0.3 is 12.1 Å². The van der Waals surface area contributed by atoms with E-state index < -0.39 is 28.7 Å². The van der Waals surface area contributed by atoms with E-state index in [0.717, 1.165) is 12.1 Å². The summed E-state index contributed by atoms with van der Waals surface area (Å²) in [6, 6.07) is 5.06. The minimum atomic E-state index is -4.38. The van der Waals surface area contributed by atoms with Crippen molar-refractivity contribution in [3.8, 4) is 5.13 Å². The fraction of sp³-hybridized carbons (Fsp3) is 0.227. The highest BCUT2D eigenvalue weighted by molar-refractivity contribution is 7.12. The number of aromatic carboxylic acids is 1. The third-order valence-electron chi connectivity index (χ3n) is 5.71. The predicted molar refractivity (Wildman–Crippen MR) is 124 cm³/mol. The van der Waals surface area contributed by atoms with Crippen LogP contribution in [0.1, 0.15) is 15.9 Å². The molecule has 1 N–H and O–H groups in total. The lowest BCUT2D eigenvalue weighted by Crippen LogP contribution is -2.47. The molecule has 9 nitrogen and oxygen atoms in total. The Balaban J connectivity index is 1.42. The van der Waals surface area contributed by atoms with Crippen molar-refractivity contribution in [2.24, 2.45) is 0 Å². The molecule has 0 atom stereocenters. The normalized spacial score (nSPS) is 14.5. The third kappa shape index (κ3) is 4.30. The van der Waals surface area contributed by atoms with Crippen LogP contribution >= 0.6 is 11.3 Å². The number of benzene rings is 1. The molecule has 3 aromatic heterocycles. The van der Waals surface area contributed by atoms with Gasteiger partial charge in [-0.1, -0.05) is 0 Å². The Labute approximate surface area is 199 Å². The van der Waals surface area contributed by atoms with E-state index in [9.17, 15) is 27.9 Å². The number of thiazole rings is 1. The molecule has 5 rings (SSSR count). The first kappa shape index (κ1) is 22.8. The molecular weight excluding hydrogens is 485 g/mol. The van der Waals surface area contributed by atoms with E-state index in [-0.39, 0.29) is 11.2 Å². The summed E-state index contributed by atoms with van der Waals surface area (Å²) in [6.45, 7) is 2.14. The fourth-order valence-corrected chi connectivity index (χ4v) is 4.53. The summed E-state index contributed by atoms with van der Waals surface area (Å²) in [5.74, 6) is -0.871. The van der Waals surface area contributed by atoms with Gasteiger partial charge in [0.05, 0.1) is 11.8 Å². The molecule has 0 radical (unpaired) electrons. The van der Waals surface area contributed by atoms with Crippen molar-refractivity contribution in [1.82, 2.24) is 19.5 Å². The Morgan fingerprint density at radius 3 is 2.31 bits per heavy atom. The van der Waals surface area contributed by atoms with Crippen LogP contribution in [0.15, 0.2) is 53.0 Å². The van der Waals surface area contributed by atoms with Gasteiger partial charge in [-0.05, 0) is 24.3 Å². The number of carboxylic acids is 1. The molecule has 1 aromatic carbocycles. The monoisotopic (exact) mass is 502 g/mol. The van der Waals surface area contributed by atoms with E-state index in [1.165, 1.54) is 40.4 Å². The first-order valence-electron chi connectivity index (χ1n) is 10.4. The van der Waals surface area contributed by atoms with Gasteiger partial charge in [0, 0.05) is 49.6 Å². The van der Waals surface area contributed by atoms with Gasteiger partial charge < -0.3 is 14.9 Å². The van der Waals surface area contributed by atoms with Crippen LogP contribution in [0.5, 0.6) is 0 Å². The van der Waals surface area contributed by atoms with Gasteiger partial charge in [-0.2, -0.15) is 13.2 Å². The summed E-state index contributed by atoms with van der Waals surface area (Å²) in [5, 5.41) is 11.6. The molecule has 0 aliphatic carbocycles. The van der Waals surface area contributed by atoms with Crippen molar-refractivity contribution in [2.75, 3.05) is 36.0 Å². The second-order valence-electron chi connectivity index (χ2n) is 7.78. The quantitative estimate of drug-likeness (QED) is 0.454. The largest absolute Gasteiger partial charge is 0.477 e. The summed E-state index contributed by atoms with van der Waals surface area (Å²) in [5.41, 5.74) is -1.04. The van der Waals surface area contributed by atoms with Crippen molar-refractivity contribution in [1.29, 1.82) is 0 Å². The second kappa shape index (κ2) is 8.65. The van der Waals surface area contributed by atoms with Crippen molar-refractivity contribution in [2.45, 2.75) is 6.18 Å². The maximum Gasteiger partial charge on any atom is 0.416 e. The van der Waals surface area contributed by atoms with Crippen LogP contribution in [0.3, 0.4) is 0 Å². The molecule has 1 aliphatic rings. The Hall–Kier alpha value is -4.00. The minimum Gasteiger partial charge on any atom is -0.477 e. The van der Waals surface area contributed by atoms with Crippen molar-refractivity contribution in [3.63, 3.8) is 0 Å². The molecule has 4 aromatic rings. The Morgan fingerprint density at radius 2 is 1.71 bits per heavy atom. The zero-order valence-corrected chi connectivity index (χ0v) is 18.8. The van der Waals surface area contributed by atoms with E-state index in [4.69, 9.17) is 0 Å². The van der Waals surface area contributed by atoms with Crippen LogP contribution in [-0.4, -0.2) is 56.8 Å². The molecule has 0 amide bonds. The van der Waals surface area contributed by atoms with E-state index in [1.54, 1.807) is 11.6 Å². The highest BCUT2D eigenvalue weighted by Gasteiger charge is 2.30. The van der Waals surface area contributed by atoms with Crippen LogP contribution < -0.4 is 15.2 Å². The standard InChI is InChI=1S/C22H17F3N6O3S/c23-22(24,25)13-1-3-14(4-2-13)29-6-8-30(9-7-29)16-11-27-17-18(32)15(20(33)34)12-31(19(17)28-16)21-26-5-10-35-21/h1-5,10-12H,6-9H2,(H,33,34). The smallest absolute Gasteiger partial charge is 0.416 e. The lowest BCUT2D eigenvalue weighted by molar-refractivity contribution is -0.137. The zero-order chi connectivity index (χ0) is 24.7. The van der Waals surface area contributed by atoms with Gasteiger partial charge in [0.2, 0.25) is 5.43 Å². The van der Waals surface area contributed by atoms with Crippen molar-refractivity contribution < 1.29 is 23.1 Å². The first-order valence-corrected chi connectivity index (χ1v) is 11.3. The Morgan fingerprint density at radius 1 is 1.03 bits per heavy atom. The molecule has 0 bridgehead atoms. The molecule has 0 saturated carbocycles. The van der Waals surface area contributed by atoms with Crippen LogP contribution in [0, 0.1) is 0 Å². The van der Waals surface area contributed by atoms with Crippen LogP contribution in [0.25, 0.3) is 16.3 Å². The minimum absolute atomic E-state index is 0.0766. The van der Waals surface area contributed by atoms with Gasteiger partial charge in [-0.25, -0.2) is 19.7 Å². The Bertz CT molecular complexity index is 1450. The number of carboxylic acid groups (broad SMARTS) is 1. The molecule has 4 heterocycles. The average molecular weight is 502 g/mol. The third-order valence-corrected chi connectivity index (χ3v) is 6.48. The lowest BCUT2D eigenvalue weighted by Gasteiger charge is -2.36.